The molecule has 0 aliphatic carbocycles. The second kappa shape index (κ2) is 5.84. The second-order valence-corrected chi connectivity index (χ2v) is 4.88. The summed E-state index contributed by atoms with van der Waals surface area (Å²) >= 11 is 0. The first-order chi connectivity index (χ1) is 7.51. The Labute approximate surface area is 97.0 Å². The van der Waals surface area contributed by atoms with E-state index in [0.717, 1.165) is 19.4 Å². The number of aromatic nitrogens is 2. The van der Waals surface area contributed by atoms with Gasteiger partial charge >= 0.3 is 6.01 Å². The Balaban J connectivity index is 2.33. The van der Waals surface area contributed by atoms with Crippen molar-refractivity contribution in [2.45, 2.75) is 52.6 Å². The van der Waals surface area contributed by atoms with Gasteiger partial charge in [-0.05, 0) is 27.2 Å². The van der Waals surface area contributed by atoms with Gasteiger partial charge in [-0.15, -0.1) is 5.10 Å². The minimum absolute atomic E-state index is 0.0598. The molecule has 1 rings (SSSR count). The van der Waals surface area contributed by atoms with Gasteiger partial charge < -0.3 is 15.1 Å². The van der Waals surface area contributed by atoms with Gasteiger partial charge in [0.15, 0.2) is 0 Å². The molecule has 0 saturated carbocycles. The summed E-state index contributed by atoms with van der Waals surface area (Å²) in [6, 6.07) is 0.513. The van der Waals surface area contributed by atoms with E-state index < -0.39 is 0 Å². The zero-order valence-electron chi connectivity index (χ0n) is 10.6. The van der Waals surface area contributed by atoms with Crippen molar-refractivity contribution in [3.63, 3.8) is 0 Å². The SMILES string of the molecule is CCCCNc1nnc(CNC(C)(C)C)o1. The number of anilines is 1. The molecule has 1 heterocycles. The molecular formula is C11H22N4O. The summed E-state index contributed by atoms with van der Waals surface area (Å²) in [5.41, 5.74) is 0.0598. The van der Waals surface area contributed by atoms with E-state index in [0.29, 0.717) is 18.5 Å². The van der Waals surface area contributed by atoms with E-state index in [2.05, 4.69) is 48.5 Å². The lowest BCUT2D eigenvalue weighted by Gasteiger charge is -2.18. The van der Waals surface area contributed by atoms with Crippen molar-refractivity contribution in [1.29, 1.82) is 0 Å². The lowest BCUT2D eigenvalue weighted by atomic mass is 10.1. The molecule has 1 aromatic heterocycles. The van der Waals surface area contributed by atoms with Crippen LogP contribution in [0.4, 0.5) is 6.01 Å². The van der Waals surface area contributed by atoms with Crippen molar-refractivity contribution in [3.05, 3.63) is 5.89 Å². The van der Waals surface area contributed by atoms with Crippen LogP contribution in [-0.4, -0.2) is 22.3 Å². The Bertz CT molecular complexity index is 303. The van der Waals surface area contributed by atoms with Crippen molar-refractivity contribution >= 4 is 6.01 Å². The maximum atomic E-state index is 5.43. The summed E-state index contributed by atoms with van der Waals surface area (Å²) in [6.07, 6.45) is 2.26. The van der Waals surface area contributed by atoms with E-state index in [1.807, 2.05) is 0 Å². The molecular weight excluding hydrogens is 204 g/mol. The Hall–Kier alpha value is -1.10. The molecule has 0 aliphatic heterocycles. The van der Waals surface area contributed by atoms with E-state index in [9.17, 15) is 0 Å². The van der Waals surface area contributed by atoms with Gasteiger partial charge in [0.1, 0.15) is 0 Å². The Morgan fingerprint density at radius 3 is 2.62 bits per heavy atom. The van der Waals surface area contributed by atoms with Crippen LogP contribution in [0.3, 0.4) is 0 Å². The van der Waals surface area contributed by atoms with Crippen molar-refractivity contribution in [2.75, 3.05) is 11.9 Å². The zero-order valence-corrected chi connectivity index (χ0v) is 10.6. The summed E-state index contributed by atoms with van der Waals surface area (Å²) in [5.74, 6) is 0.619. The normalized spacial score (nSPS) is 11.8. The summed E-state index contributed by atoms with van der Waals surface area (Å²) in [7, 11) is 0. The van der Waals surface area contributed by atoms with Crippen LogP contribution in [0.15, 0.2) is 4.42 Å². The fourth-order valence-corrected chi connectivity index (χ4v) is 1.11. The van der Waals surface area contributed by atoms with Gasteiger partial charge in [0.25, 0.3) is 0 Å². The van der Waals surface area contributed by atoms with Crippen molar-refractivity contribution < 1.29 is 4.42 Å². The molecule has 16 heavy (non-hydrogen) atoms. The molecule has 0 atom stereocenters. The third kappa shape index (κ3) is 5.11. The number of nitrogens with zero attached hydrogens (tertiary/aromatic N) is 2. The van der Waals surface area contributed by atoms with Crippen LogP contribution in [0.2, 0.25) is 0 Å². The Morgan fingerprint density at radius 1 is 1.25 bits per heavy atom. The molecule has 2 N–H and O–H groups in total. The maximum absolute atomic E-state index is 5.43. The van der Waals surface area contributed by atoms with Gasteiger partial charge in [-0.2, -0.15) is 0 Å². The quantitative estimate of drug-likeness (QED) is 0.728. The molecule has 0 amide bonds. The highest BCUT2D eigenvalue weighted by Crippen LogP contribution is 2.07. The van der Waals surface area contributed by atoms with Gasteiger partial charge in [0.2, 0.25) is 5.89 Å². The topological polar surface area (TPSA) is 63.0 Å². The summed E-state index contributed by atoms with van der Waals surface area (Å²) < 4.78 is 5.43. The molecule has 0 aromatic carbocycles. The van der Waals surface area contributed by atoms with Crippen LogP contribution in [0.5, 0.6) is 0 Å². The van der Waals surface area contributed by atoms with Crippen LogP contribution in [0, 0.1) is 0 Å². The summed E-state index contributed by atoms with van der Waals surface area (Å²) in [6.45, 7) is 9.93. The predicted molar refractivity (Wildman–Crippen MR) is 64.3 cm³/mol. The van der Waals surface area contributed by atoms with Gasteiger partial charge in [-0.1, -0.05) is 18.4 Å². The average molecular weight is 226 g/mol. The monoisotopic (exact) mass is 226 g/mol. The molecule has 0 unspecified atom stereocenters. The molecule has 0 spiro atoms. The molecule has 5 nitrogen and oxygen atoms in total. The largest absolute Gasteiger partial charge is 0.407 e. The van der Waals surface area contributed by atoms with Crippen LogP contribution < -0.4 is 10.6 Å². The molecule has 92 valence electrons. The highest BCUT2D eigenvalue weighted by Gasteiger charge is 2.11. The van der Waals surface area contributed by atoms with Gasteiger partial charge in [-0.3, -0.25) is 0 Å². The standard InChI is InChI=1S/C11H22N4O/c1-5-6-7-12-10-15-14-9(16-10)8-13-11(2,3)4/h13H,5-8H2,1-4H3,(H,12,15). The Morgan fingerprint density at radius 2 is 2.00 bits per heavy atom. The van der Waals surface area contributed by atoms with Crippen molar-refractivity contribution in [1.82, 2.24) is 15.5 Å². The first-order valence-corrected chi connectivity index (χ1v) is 5.82. The van der Waals surface area contributed by atoms with Crippen molar-refractivity contribution in [2.24, 2.45) is 0 Å². The van der Waals surface area contributed by atoms with Gasteiger partial charge in [0, 0.05) is 12.1 Å². The molecule has 0 saturated heterocycles. The van der Waals surface area contributed by atoms with Crippen molar-refractivity contribution in [3.8, 4) is 0 Å². The second-order valence-electron chi connectivity index (χ2n) is 4.88. The number of unbranched alkanes of at least 4 members (excludes halogenated alkanes) is 1. The third-order valence-electron chi connectivity index (χ3n) is 2.04. The van der Waals surface area contributed by atoms with Crippen LogP contribution in [0.25, 0.3) is 0 Å². The number of rotatable bonds is 6. The molecule has 0 aliphatic rings. The zero-order chi connectivity index (χ0) is 12.0. The number of nitrogens with one attached hydrogen (secondary N) is 2. The molecule has 0 radical (unpaired) electrons. The third-order valence-corrected chi connectivity index (χ3v) is 2.04. The minimum atomic E-state index is 0.0598. The van der Waals surface area contributed by atoms with Gasteiger partial charge in [-0.25, -0.2) is 0 Å². The lowest BCUT2D eigenvalue weighted by Crippen LogP contribution is -2.35. The van der Waals surface area contributed by atoms with Crippen LogP contribution in [-0.2, 0) is 6.54 Å². The maximum Gasteiger partial charge on any atom is 0.315 e. The molecule has 5 heteroatoms. The van der Waals surface area contributed by atoms with Crippen LogP contribution in [0.1, 0.15) is 46.4 Å². The molecule has 0 fully saturated rings. The summed E-state index contributed by atoms with van der Waals surface area (Å²) in [4.78, 5) is 0. The fraction of sp³-hybridized carbons (Fsp3) is 0.818. The van der Waals surface area contributed by atoms with E-state index in [4.69, 9.17) is 4.42 Å². The minimum Gasteiger partial charge on any atom is -0.407 e. The highest BCUT2D eigenvalue weighted by atomic mass is 16.4. The van der Waals surface area contributed by atoms with Gasteiger partial charge in [0.05, 0.1) is 6.54 Å². The first-order valence-electron chi connectivity index (χ1n) is 5.82. The van der Waals surface area contributed by atoms with Crippen LogP contribution >= 0.6 is 0 Å². The highest BCUT2D eigenvalue weighted by molar-refractivity contribution is 5.16. The summed E-state index contributed by atoms with van der Waals surface area (Å²) in [5, 5.41) is 14.3. The van der Waals surface area contributed by atoms with E-state index in [1.54, 1.807) is 0 Å². The number of hydrogen-bond acceptors (Lipinski definition) is 5. The smallest absolute Gasteiger partial charge is 0.315 e. The number of hydrogen-bond donors (Lipinski definition) is 2. The van der Waals surface area contributed by atoms with E-state index in [-0.39, 0.29) is 5.54 Å². The fourth-order valence-electron chi connectivity index (χ4n) is 1.11. The lowest BCUT2D eigenvalue weighted by molar-refractivity contribution is 0.383. The predicted octanol–water partition coefficient (Wildman–Crippen LogP) is 2.17. The Kier molecular flexibility index (Phi) is 4.73. The van der Waals surface area contributed by atoms with E-state index in [1.165, 1.54) is 0 Å². The molecule has 0 bridgehead atoms. The van der Waals surface area contributed by atoms with E-state index >= 15 is 0 Å². The molecule has 1 aromatic rings. The first kappa shape index (κ1) is 13.0. The average Bonchev–Trinajstić information content (AvgIpc) is 2.62.